The molecule has 2 aromatic carbocycles. The van der Waals surface area contributed by atoms with Crippen LogP contribution in [0.15, 0.2) is 41.3 Å². The van der Waals surface area contributed by atoms with Crippen molar-refractivity contribution in [2.24, 2.45) is 0 Å². The Hall–Kier alpha value is -1.92. The summed E-state index contributed by atoms with van der Waals surface area (Å²) in [6.07, 6.45) is 0. The van der Waals surface area contributed by atoms with Crippen LogP contribution in [0.5, 0.6) is 5.75 Å². The van der Waals surface area contributed by atoms with E-state index in [2.05, 4.69) is 0 Å². The van der Waals surface area contributed by atoms with Gasteiger partial charge in [0, 0.05) is 6.07 Å². The number of aryl methyl sites for hydroxylation is 1. The van der Waals surface area contributed by atoms with Crippen molar-refractivity contribution in [3.05, 3.63) is 47.0 Å². The van der Waals surface area contributed by atoms with E-state index in [0.29, 0.717) is 5.69 Å². The van der Waals surface area contributed by atoms with Gasteiger partial charge in [0.25, 0.3) is 0 Å². The fourth-order valence-electron chi connectivity index (χ4n) is 1.58. The van der Waals surface area contributed by atoms with E-state index in [0.717, 1.165) is 5.56 Å². The summed E-state index contributed by atoms with van der Waals surface area (Å²) in [5, 5.41) is 0.105. The first-order chi connectivity index (χ1) is 9.29. The number of rotatable bonds is 3. The summed E-state index contributed by atoms with van der Waals surface area (Å²) in [6.45, 7) is 1.81. The Labute approximate surface area is 122 Å². The van der Waals surface area contributed by atoms with Gasteiger partial charge in [-0.3, -0.25) is 0 Å². The fraction of sp³-hybridized carbons (Fsp3) is 0.0769. The minimum Gasteiger partial charge on any atom is -0.397 e. The van der Waals surface area contributed by atoms with Crippen LogP contribution >= 0.6 is 11.6 Å². The van der Waals surface area contributed by atoms with Gasteiger partial charge < -0.3 is 15.7 Å². The molecule has 2 aromatic rings. The predicted octanol–water partition coefficient (Wildman–Crippen LogP) is 2.58. The average molecular weight is 313 g/mol. The highest BCUT2D eigenvalue weighted by molar-refractivity contribution is 7.87. The van der Waals surface area contributed by atoms with Crippen molar-refractivity contribution >= 4 is 33.1 Å². The second kappa shape index (κ2) is 5.22. The number of benzene rings is 2. The van der Waals surface area contributed by atoms with Crippen LogP contribution < -0.4 is 15.7 Å². The molecule has 106 valence electrons. The van der Waals surface area contributed by atoms with Crippen molar-refractivity contribution < 1.29 is 12.6 Å². The molecule has 0 aliphatic heterocycles. The third-order valence-electron chi connectivity index (χ3n) is 2.62. The maximum atomic E-state index is 12.2. The molecule has 0 amide bonds. The zero-order valence-electron chi connectivity index (χ0n) is 10.6. The maximum absolute atomic E-state index is 12.2. The van der Waals surface area contributed by atoms with Crippen molar-refractivity contribution in [3.63, 3.8) is 0 Å². The smallest absolute Gasteiger partial charge is 0.340 e. The van der Waals surface area contributed by atoms with E-state index in [4.69, 9.17) is 27.3 Å². The van der Waals surface area contributed by atoms with Crippen molar-refractivity contribution in [3.8, 4) is 5.75 Å². The molecule has 2 rings (SSSR count). The number of halogens is 1. The molecule has 0 unspecified atom stereocenters. The Morgan fingerprint density at radius 2 is 1.75 bits per heavy atom. The molecule has 0 spiro atoms. The predicted molar refractivity (Wildman–Crippen MR) is 79.3 cm³/mol. The molecular formula is C13H13ClN2O3S. The van der Waals surface area contributed by atoms with Crippen LogP contribution in [0.25, 0.3) is 0 Å². The number of hydrogen-bond acceptors (Lipinski definition) is 5. The van der Waals surface area contributed by atoms with E-state index in [1.54, 1.807) is 12.1 Å². The highest BCUT2D eigenvalue weighted by Gasteiger charge is 2.20. The van der Waals surface area contributed by atoms with E-state index in [-0.39, 0.29) is 21.4 Å². The lowest BCUT2D eigenvalue weighted by Crippen LogP contribution is -2.10. The van der Waals surface area contributed by atoms with Gasteiger partial charge in [0.2, 0.25) is 0 Å². The van der Waals surface area contributed by atoms with Gasteiger partial charge in [0.05, 0.1) is 16.4 Å². The van der Waals surface area contributed by atoms with Gasteiger partial charge >= 0.3 is 10.1 Å². The maximum Gasteiger partial charge on any atom is 0.340 e. The van der Waals surface area contributed by atoms with Crippen LogP contribution in [-0.4, -0.2) is 8.42 Å². The van der Waals surface area contributed by atoms with Crippen LogP contribution in [0.1, 0.15) is 5.56 Å². The van der Waals surface area contributed by atoms with E-state index < -0.39 is 10.1 Å². The molecule has 0 heterocycles. The lowest BCUT2D eigenvalue weighted by atomic mass is 10.2. The molecule has 0 bridgehead atoms. The minimum absolute atomic E-state index is 0.0772. The molecule has 0 aromatic heterocycles. The summed E-state index contributed by atoms with van der Waals surface area (Å²) >= 11 is 5.93. The summed E-state index contributed by atoms with van der Waals surface area (Å²) in [4.78, 5) is -0.0971. The van der Waals surface area contributed by atoms with Gasteiger partial charge in [-0.15, -0.1) is 0 Å². The standard InChI is InChI=1S/C13H13ClN2O3S/c1-8-2-5-13(10(14)6-8)20(17,18)19-9-3-4-11(15)12(16)7-9/h2-7H,15-16H2,1H3. The molecule has 4 N–H and O–H groups in total. The highest BCUT2D eigenvalue weighted by Crippen LogP contribution is 2.28. The van der Waals surface area contributed by atoms with Gasteiger partial charge in [-0.1, -0.05) is 17.7 Å². The Kier molecular flexibility index (Phi) is 3.78. The first-order valence-corrected chi connectivity index (χ1v) is 7.44. The van der Waals surface area contributed by atoms with Crippen LogP contribution in [0.4, 0.5) is 11.4 Å². The quantitative estimate of drug-likeness (QED) is 0.671. The third kappa shape index (κ3) is 2.97. The normalized spacial score (nSPS) is 11.3. The SMILES string of the molecule is Cc1ccc(S(=O)(=O)Oc2ccc(N)c(N)c2)c(Cl)c1. The Morgan fingerprint density at radius 3 is 2.35 bits per heavy atom. The van der Waals surface area contributed by atoms with Crippen LogP contribution in [-0.2, 0) is 10.1 Å². The largest absolute Gasteiger partial charge is 0.397 e. The monoisotopic (exact) mass is 312 g/mol. The number of anilines is 2. The second-order valence-corrected chi connectivity index (χ2v) is 6.18. The van der Waals surface area contributed by atoms with Crippen molar-refractivity contribution in [1.29, 1.82) is 0 Å². The first kappa shape index (κ1) is 14.5. The molecule has 7 heteroatoms. The van der Waals surface area contributed by atoms with Gasteiger partial charge in [-0.2, -0.15) is 8.42 Å². The minimum atomic E-state index is -4.02. The summed E-state index contributed by atoms with van der Waals surface area (Å²) in [5.41, 5.74) is 12.6. The number of nitrogens with two attached hydrogens (primary N) is 2. The van der Waals surface area contributed by atoms with Crippen molar-refractivity contribution in [1.82, 2.24) is 0 Å². The topological polar surface area (TPSA) is 95.4 Å². The summed E-state index contributed by atoms with van der Waals surface area (Å²) in [7, 11) is -4.02. The summed E-state index contributed by atoms with van der Waals surface area (Å²) in [5.74, 6) is 0.0772. The second-order valence-electron chi connectivity index (χ2n) is 4.26. The molecule has 0 radical (unpaired) electrons. The summed E-state index contributed by atoms with van der Waals surface area (Å²) < 4.78 is 29.3. The zero-order chi connectivity index (χ0) is 14.9. The molecule has 0 atom stereocenters. The van der Waals surface area contributed by atoms with E-state index >= 15 is 0 Å². The van der Waals surface area contributed by atoms with E-state index in [9.17, 15) is 8.42 Å². The molecule has 0 aliphatic carbocycles. The summed E-state index contributed by atoms with van der Waals surface area (Å²) in [6, 6.07) is 8.82. The van der Waals surface area contributed by atoms with Crippen LogP contribution in [0, 0.1) is 6.92 Å². The number of hydrogen-bond donors (Lipinski definition) is 2. The molecule has 0 saturated heterocycles. The molecule has 20 heavy (non-hydrogen) atoms. The Balaban J connectivity index is 2.38. The lowest BCUT2D eigenvalue weighted by molar-refractivity contribution is 0.486. The third-order valence-corrected chi connectivity index (χ3v) is 4.35. The lowest BCUT2D eigenvalue weighted by Gasteiger charge is -2.10. The zero-order valence-corrected chi connectivity index (χ0v) is 12.2. The van der Waals surface area contributed by atoms with Gasteiger partial charge in [0.1, 0.15) is 10.6 Å². The first-order valence-electron chi connectivity index (χ1n) is 5.65. The van der Waals surface area contributed by atoms with Crippen LogP contribution in [0.3, 0.4) is 0 Å². The molecule has 0 fully saturated rings. The fourth-order valence-corrected chi connectivity index (χ4v) is 3.08. The Bertz CT molecular complexity index is 760. The number of nitrogen functional groups attached to an aromatic ring is 2. The molecule has 0 saturated carbocycles. The van der Waals surface area contributed by atoms with Crippen LogP contribution in [0.2, 0.25) is 5.02 Å². The molecule has 0 aliphatic rings. The van der Waals surface area contributed by atoms with Crippen molar-refractivity contribution in [2.45, 2.75) is 11.8 Å². The van der Waals surface area contributed by atoms with E-state index in [1.807, 2.05) is 6.92 Å². The average Bonchev–Trinajstić information content (AvgIpc) is 2.33. The van der Waals surface area contributed by atoms with Gasteiger partial charge in [-0.05, 0) is 36.8 Å². The molecule has 5 nitrogen and oxygen atoms in total. The molecular weight excluding hydrogens is 300 g/mol. The Morgan fingerprint density at radius 1 is 1.05 bits per heavy atom. The van der Waals surface area contributed by atoms with Gasteiger partial charge in [0.15, 0.2) is 0 Å². The highest BCUT2D eigenvalue weighted by atomic mass is 35.5. The van der Waals surface area contributed by atoms with Crippen molar-refractivity contribution in [2.75, 3.05) is 11.5 Å². The van der Waals surface area contributed by atoms with E-state index in [1.165, 1.54) is 24.3 Å². The van der Waals surface area contributed by atoms with Gasteiger partial charge in [-0.25, -0.2) is 0 Å².